The van der Waals surface area contributed by atoms with Gasteiger partial charge in [0, 0.05) is 11.0 Å². The summed E-state index contributed by atoms with van der Waals surface area (Å²) in [7, 11) is 0. The summed E-state index contributed by atoms with van der Waals surface area (Å²) < 4.78 is 0.857. The number of hydrogen-bond acceptors (Lipinski definition) is 3. The Bertz CT molecular complexity index is 395. The summed E-state index contributed by atoms with van der Waals surface area (Å²) in [6.07, 6.45) is 0. The molecule has 4 nitrogen and oxygen atoms in total. The molecule has 2 N–H and O–H groups in total. The maximum Gasteiger partial charge on any atom is 0.243 e. The Balaban J connectivity index is 2.41. The van der Waals surface area contributed by atoms with Gasteiger partial charge in [-0.15, -0.1) is 0 Å². The first-order valence-electron chi connectivity index (χ1n) is 4.66. The van der Waals surface area contributed by atoms with E-state index in [0.29, 0.717) is 13.1 Å². The lowest BCUT2D eigenvalue weighted by Gasteiger charge is -2.30. The van der Waals surface area contributed by atoms with Gasteiger partial charge in [0.25, 0.3) is 0 Å². The average Bonchev–Trinajstić information content (AvgIpc) is 2.20. The van der Waals surface area contributed by atoms with Gasteiger partial charge in [-0.3, -0.25) is 4.79 Å². The zero-order valence-electron chi connectivity index (χ0n) is 8.03. The van der Waals surface area contributed by atoms with Crippen molar-refractivity contribution in [1.82, 2.24) is 0 Å². The van der Waals surface area contributed by atoms with Gasteiger partial charge in [0.05, 0.1) is 24.5 Å². The van der Waals surface area contributed by atoms with Crippen molar-refractivity contribution in [2.24, 2.45) is 0 Å². The number of fused-ring (bicyclic) bond motifs is 1. The van der Waals surface area contributed by atoms with Crippen molar-refractivity contribution in [3.05, 3.63) is 22.7 Å². The number of carbonyl (C=O) groups is 1. The molecule has 0 aliphatic carbocycles. The summed E-state index contributed by atoms with van der Waals surface area (Å²) in [5, 5.41) is 11.7. The molecule has 1 aromatic rings. The Morgan fingerprint density at radius 3 is 3.07 bits per heavy atom. The van der Waals surface area contributed by atoms with Crippen LogP contribution in [0.15, 0.2) is 22.7 Å². The number of aliphatic hydroxyl groups is 1. The van der Waals surface area contributed by atoms with Gasteiger partial charge in [-0.2, -0.15) is 0 Å². The quantitative estimate of drug-likeness (QED) is 0.849. The summed E-state index contributed by atoms with van der Waals surface area (Å²) >= 11 is 3.38. The van der Waals surface area contributed by atoms with Gasteiger partial charge in [-0.1, -0.05) is 6.07 Å². The highest BCUT2D eigenvalue weighted by atomic mass is 79.9. The van der Waals surface area contributed by atoms with Gasteiger partial charge in [-0.05, 0) is 28.1 Å². The number of nitrogens with one attached hydrogen (secondary N) is 1. The third kappa shape index (κ3) is 1.98. The fourth-order valence-corrected chi connectivity index (χ4v) is 2.11. The fourth-order valence-electron chi connectivity index (χ4n) is 1.66. The van der Waals surface area contributed by atoms with Crippen LogP contribution in [0.1, 0.15) is 0 Å². The van der Waals surface area contributed by atoms with Gasteiger partial charge in [0.2, 0.25) is 5.91 Å². The molecule has 2 rings (SSSR count). The molecule has 0 spiro atoms. The molecule has 0 atom stereocenters. The average molecular weight is 271 g/mol. The molecular weight excluding hydrogens is 260 g/mol. The van der Waals surface area contributed by atoms with E-state index in [1.54, 1.807) is 0 Å². The maximum absolute atomic E-state index is 11.4. The molecule has 1 amide bonds. The third-order valence-electron chi connectivity index (χ3n) is 2.30. The normalized spacial score (nSPS) is 14.8. The van der Waals surface area contributed by atoms with Crippen molar-refractivity contribution < 1.29 is 9.90 Å². The topological polar surface area (TPSA) is 52.6 Å². The Morgan fingerprint density at radius 1 is 1.53 bits per heavy atom. The fraction of sp³-hybridized carbons (Fsp3) is 0.300. The van der Waals surface area contributed by atoms with E-state index in [-0.39, 0.29) is 12.5 Å². The van der Waals surface area contributed by atoms with E-state index in [0.717, 1.165) is 15.8 Å². The maximum atomic E-state index is 11.4. The van der Waals surface area contributed by atoms with E-state index < -0.39 is 0 Å². The highest BCUT2D eigenvalue weighted by molar-refractivity contribution is 9.10. The van der Waals surface area contributed by atoms with Crippen LogP contribution in [-0.4, -0.2) is 30.7 Å². The Hall–Kier alpha value is -1.07. The van der Waals surface area contributed by atoms with Gasteiger partial charge in [0.15, 0.2) is 0 Å². The summed E-state index contributed by atoms with van der Waals surface area (Å²) in [4.78, 5) is 13.3. The number of para-hydroxylation sites is 1. The number of nitrogens with zero attached hydrogens (tertiary/aromatic N) is 1. The molecule has 80 valence electrons. The number of anilines is 2. The lowest BCUT2D eigenvalue weighted by molar-refractivity contribution is -0.115. The largest absolute Gasteiger partial charge is 0.395 e. The van der Waals surface area contributed by atoms with E-state index in [9.17, 15) is 4.79 Å². The summed E-state index contributed by atoms with van der Waals surface area (Å²) in [6, 6.07) is 5.71. The zero-order chi connectivity index (χ0) is 10.8. The first-order chi connectivity index (χ1) is 7.22. The lowest BCUT2D eigenvalue weighted by atomic mass is 10.2. The van der Waals surface area contributed by atoms with Crippen LogP contribution in [0.25, 0.3) is 0 Å². The molecule has 0 bridgehead atoms. The van der Waals surface area contributed by atoms with Gasteiger partial charge >= 0.3 is 0 Å². The molecule has 0 aromatic heterocycles. The zero-order valence-corrected chi connectivity index (χ0v) is 9.62. The predicted molar refractivity (Wildman–Crippen MR) is 62.1 cm³/mol. The highest BCUT2D eigenvalue weighted by Crippen LogP contribution is 2.35. The minimum atomic E-state index is -0.0529. The molecule has 0 unspecified atom stereocenters. The Kier molecular flexibility index (Phi) is 2.93. The molecule has 5 heteroatoms. The van der Waals surface area contributed by atoms with Crippen LogP contribution in [0.5, 0.6) is 0 Å². The van der Waals surface area contributed by atoms with Crippen molar-refractivity contribution in [2.45, 2.75) is 0 Å². The van der Waals surface area contributed by atoms with E-state index in [2.05, 4.69) is 21.2 Å². The second-order valence-corrected chi connectivity index (χ2v) is 4.18. The van der Waals surface area contributed by atoms with E-state index in [4.69, 9.17) is 5.11 Å². The van der Waals surface area contributed by atoms with Crippen LogP contribution in [0.2, 0.25) is 0 Å². The number of carbonyl (C=O) groups excluding carboxylic acids is 1. The van der Waals surface area contributed by atoms with Crippen molar-refractivity contribution in [3.8, 4) is 0 Å². The first-order valence-corrected chi connectivity index (χ1v) is 5.46. The van der Waals surface area contributed by atoms with E-state index in [1.807, 2.05) is 23.1 Å². The molecule has 0 radical (unpaired) electrons. The number of β-amino-alcohol motifs (C(OH)–C–C–N with tert-alkyl or cyclic N) is 1. The molecule has 15 heavy (non-hydrogen) atoms. The van der Waals surface area contributed by atoms with Crippen molar-refractivity contribution in [3.63, 3.8) is 0 Å². The second-order valence-electron chi connectivity index (χ2n) is 3.33. The second kappa shape index (κ2) is 4.20. The van der Waals surface area contributed by atoms with Gasteiger partial charge in [-0.25, -0.2) is 0 Å². The number of amides is 1. The first kappa shape index (κ1) is 10.4. The minimum Gasteiger partial charge on any atom is -0.395 e. The van der Waals surface area contributed by atoms with Crippen LogP contribution in [-0.2, 0) is 4.79 Å². The molecule has 1 aromatic carbocycles. The van der Waals surface area contributed by atoms with Crippen LogP contribution < -0.4 is 10.2 Å². The number of aliphatic hydroxyl groups excluding tert-OH is 1. The molecular formula is C10H11BrN2O2. The number of hydrogen-bond donors (Lipinski definition) is 2. The number of rotatable bonds is 2. The molecule has 0 fully saturated rings. The monoisotopic (exact) mass is 270 g/mol. The van der Waals surface area contributed by atoms with Crippen molar-refractivity contribution in [2.75, 3.05) is 29.9 Å². The number of benzene rings is 1. The van der Waals surface area contributed by atoms with Crippen molar-refractivity contribution in [1.29, 1.82) is 0 Å². The Morgan fingerprint density at radius 2 is 2.33 bits per heavy atom. The van der Waals surface area contributed by atoms with Crippen LogP contribution in [0.3, 0.4) is 0 Å². The lowest BCUT2D eigenvalue weighted by Crippen LogP contribution is -2.39. The minimum absolute atomic E-state index is 0.0409. The Labute approximate surface area is 96.0 Å². The molecule has 0 saturated heterocycles. The SMILES string of the molecule is O=C1CN(CCO)c2cccc(Br)c2N1. The van der Waals surface area contributed by atoms with Crippen LogP contribution >= 0.6 is 15.9 Å². The van der Waals surface area contributed by atoms with Gasteiger partial charge in [0.1, 0.15) is 0 Å². The molecule has 1 heterocycles. The molecule has 1 aliphatic heterocycles. The van der Waals surface area contributed by atoms with E-state index in [1.165, 1.54) is 0 Å². The summed E-state index contributed by atoms with van der Waals surface area (Å²) in [6.45, 7) is 0.806. The van der Waals surface area contributed by atoms with Crippen LogP contribution in [0, 0.1) is 0 Å². The molecule has 1 aliphatic rings. The third-order valence-corrected chi connectivity index (χ3v) is 2.96. The highest BCUT2D eigenvalue weighted by Gasteiger charge is 2.22. The van der Waals surface area contributed by atoms with E-state index >= 15 is 0 Å². The molecule has 0 saturated carbocycles. The summed E-state index contributed by atoms with van der Waals surface area (Å²) in [5.41, 5.74) is 1.72. The van der Waals surface area contributed by atoms with Crippen LogP contribution in [0.4, 0.5) is 11.4 Å². The number of halogens is 1. The smallest absolute Gasteiger partial charge is 0.243 e. The van der Waals surface area contributed by atoms with Crippen molar-refractivity contribution >= 4 is 33.2 Å². The summed E-state index contributed by atoms with van der Waals surface area (Å²) in [5.74, 6) is -0.0529. The predicted octanol–water partition coefficient (Wildman–Crippen LogP) is 1.20. The standard InChI is InChI=1S/C10H11BrN2O2/c11-7-2-1-3-8-10(7)12-9(15)6-13(8)4-5-14/h1-3,14H,4-6H2,(H,12,15). The van der Waals surface area contributed by atoms with Gasteiger partial charge < -0.3 is 15.3 Å².